The van der Waals surface area contributed by atoms with Crippen LogP contribution in [-0.2, 0) is 11.2 Å². The van der Waals surface area contributed by atoms with Crippen molar-refractivity contribution in [3.63, 3.8) is 0 Å². The number of carbonyl (C=O) groups is 2. The van der Waals surface area contributed by atoms with Gasteiger partial charge in [0.2, 0.25) is 5.91 Å². The van der Waals surface area contributed by atoms with Gasteiger partial charge in [0.1, 0.15) is 15.7 Å². The summed E-state index contributed by atoms with van der Waals surface area (Å²) in [7, 11) is 0. The first-order chi connectivity index (χ1) is 16.0. The van der Waals surface area contributed by atoms with Gasteiger partial charge in [-0.3, -0.25) is 14.4 Å². The predicted molar refractivity (Wildman–Crippen MR) is 121 cm³/mol. The van der Waals surface area contributed by atoms with E-state index in [0.717, 1.165) is 21.1 Å². The Hall–Kier alpha value is -2.94. The average Bonchev–Trinajstić information content (AvgIpc) is 3.26. The second kappa shape index (κ2) is 11.2. The van der Waals surface area contributed by atoms with Crippen LogP contribution < -0.4 is 16.6 Å². The first kappa shape index (κ1) is 28.3. The van der Waals surface area contributed by atoms with Crippen molar-refractivity contribution in [1.82, 2.24) is 9.97 Å². The number of aromatic amines is 1. The Bertz CT molecular complexity index is 1260. The Morgan fingerprint density at radius 3 is 2.20 bits per heavy atom. The number of thiophene rings is 2. The van der Waals surface area contributed by atoms with E-state index in [1.165, 1.54) is 17.4 Å². The molecule has 4 N–H and O–H groups in total. The maximum Gasteiger partial charge on any atom is 0.389 e. The number of primary amides is 1. The molecule has 0 aliphatic rings. The molecule has 3 heterocycles. The SMILES string of the molecule is Cc1cc(C(N)=O)c(NC(=O)CCC(F)(F)F)s1.Cc1cc2c(=O)[nH]c(CCC(F)(F)F)nc2s1. The molecule has 3 aromatic heterocycles. The topological polar surface area (TPSA) is 118 Å². The van der Waals surface area contributed by atoms with Crippen LogP contribution in [0.15, 0.2) is 16.9 Å². The summed E-state index contributed by atoms with van der Waals surface area (Å²) >= 11 is 2.39. The van der Waals surface area contributed by atoms with Gasteiger partial charge in [0, 0.05) is 22.6 Å². The summed E-state index contributed by atoms with van der Waals surface area (Å²) in [6.07, 6.45) is -11.8. The fraction of sp³-hybridized carbons (Fsp3) is 0.400. The number of nitrogens with zero attached hydrogens (tertiary/aromatic N) is 1. The lowest BCUT2D eigenvalue weighted by molar-refractivity contribution is -0.142. The number of alkyl halides is 6. The van der Waals surface area contributed by atoms with Crippen LogP contribution in [0.4, 0.5) is 31.3 Å². The second-order valence-electron chi connectivity index (χ2n) is 7.33. The van der Waals surface area contributed by atoms with E-state index in [1.807, 2.05) is 6.92 Å². The van der Waals surface area contributed by atoms with Gasteiger partial charge in [-0.05, 0) is 26.0 Å². The summed E-state index contributed by atoms with van der Waals surface area (Å²) < 4.78 is 71.9. The number of hydrogen-bond acceptors (Lipinski definition) is 6. The number of hydrogen-bond donors (Lipinski definition) is 3. The number of nitrogens with one attached hydrogen (secondary N) is 2. The monoisotopic (exact) mass is 542 g/mol. The van der Waals surface area contributed by atoms with Gasteiger partial charge in [0.15, 0.2) is 0 Å². The summed E-state index contributed by atoms with van der Waals surface area (Å²) in [4.78, 5) is 42.4. The molecule has 0 aliphatic carbocycles. The highest BCUT2D eigenvalue weighted by Crippen LogP contribution is 2.28. The summed E-state index contributed by atoms with van der Waals surface area (Å²) in [5, 5.41) is 2.88. The molecule has 7 nitrogen and oxygen atoms in total. The molecule has 0 spiro atoms. The molecule has 0 saturated heterocycles. The van der Waals surface area contributed by atoms with Crippen LogP contribution in [0, 0.1) is 13.8 Å². The van der Waals surface area contributed by atoms with Gasteiger partial charge >= 0.3 is 12.4 Å². The fourth-order valence-corrected chi connectivity index (χ4v) is 4.54. The van der Waals surface area contributed by atoms with E-state index in [2.05, 4.69) is 15.3 Å². The Morgan fingerprint density at radius 2 is 1.63 bits per heavy atom. The molecule has 0 aromatic carbocycles. The van der Waals surface area contributed by atoms with Crippen LogP contribution in [0.3, 0.4) is 0 Å². The van der Waals surface area contributed by atoms with E-state index in [1.54, 1.807) is 13.0 Å². The van der Waals surface area contributed by atoms with Crippen molar-refractivity contribution in [1.29, 1.82) is 0 Å². The van der Waals surface area contributed by atoms with Gasteiger partial charge in [-0.2, -0.15) is 26.3 Å². The molecule has 0 atom stereocenters. The van der Waals surface area contributed by atoms with Crippen LogP contribution >= 0.6 is 22.7 Å². The first-order valence-electron chi connectivity index (χ1n) is 9.87. The van der Waals surface area contributed by atoms with E-state index in [-0.39, 0.29) is 28.4 Å². The zero-order valence-electron chi connectivity index (χ0n) is 18.3. The summed E-state index contributed by atoms with van der Waals surface area (Å²) in [5.74, 6) is -1.44. The van der Waals surface area contributed by atoms with Gasteiger partial charge in [0.05, 0.1) is 23.8 Å². The Morgan fingerprint density at radius 1 is 1.03 bits per heavy atom. The van der Waals surface area contributed by atoms with Crippen molar-refractivity contribution in [2.45, 2.75) is 51.9 Å². The van der Waals surface area contributed by atoms with Crippen LogP contribution in [0.1, 0.15) is 45.2 Å². The number of H-pyrrole nitrogens is 1. The quantitative estimate of drug-likeness (QED) is 0.370. The van der Waals surface area contributed by atoms with Crippen LogP contribution in [0.25, 0.3) is 10.2 Å². The molecule has 2 amide bonds. The molecule has 0 fully saturated rings. The summed E-state index contributed by atoms with van der Waals surface area (Å²) in [6, 6.07) is 3.16. The normalized spacial score (nSPS) is 11.8. The molecule has 0 radical (unpaired) electrons. The van der Waals surface area contributed by atoms with Gasteiger partial charge < -0.3 is 16.0 Å². The number of aryl methyl sites for hydroxylation is 3. The van der Waals surface area contributed by atoms with E-state index in [4.69, 9.17) is 5.73 Å². The largest absolute Gasteiger partial charge is 0.389 e. The van der Waals surface area contributed by atoms with E-state index in [0.29, 0.717) is 10.2 Å². The zero-order chi connectivity index (χ0) is 26.6. The standard InChI is InChI=1S/C10H11F3N2O2S.C10H9F3N2OS/c1-5-4-6(8(14)17)9(18-5)15-7(16)2-3-10(11,12)13;1-5-4-6-8(16)14-7(15-9(6)17-5)2-3-10(11,12)13/h4H,2-3H2,1H3,(H2,14,17)(H,15,16);4H,2-3H2,1H3,(H,14,15,16). The minimum Gasteiger partial charge on any atom is -0.366 e. The molecule has 3 rings (SSSR count). The van der Waals surface area contributed by atoms with E-state index in [9.17, 15) is 40.7 Å². The number of fused-ring (bicyclic) bond motifs is 1. The van der Waals surface area contributed by atoms with Gasteiger partial charge in [-0.25, -0.2) is 4.98 Å². The number of halogens is 6. The maximum absolute atomic E-state index is 12.0. The lowest BCUT2D eigenvalue weighted by Crippen LogP contribution is -2.18. The molecule has 192 valence electrons. The lowest BCUT2D eigenvalue weighted by atomic mass is 10.2. The maximum atomic E-state index is 12.0. The molecule has 0 unspecified atom stereocenters. The minimum atomic E-state index is -4.38. The Labute approximate surface area is 202 Å². The molecule has 35 heavy (non-hydrogen) atoms. The van der Waals surface area contributed by atoms with Crippen molar-refractivity contribution < 1.29 is 35.9 Å². The number of rotatable bonds is 6. The van der Waals surface area contributed by atoms with E-state index < -0.39 is 43.4 Å². The predicted octanol–water partition coefficient (Wildman–Crippen LogP) is 5.22. The minimum absolute atomic E-state index is 0.0849. The third-order valence-corrected chi connectivity index (χ3v) is 6.14. The molecule has 15 heteroatoms. The van der Waals surface area contributed by atoms with Crippen molar-refractivity contribution in [3.05, 3.63) is 43.6 Å². The lowest BCUT2D eigenvalue weighted by Gasteiger charge is -2.06. The first-order valence-corrected chi connectivity index (χ1v) is 11.5. The third kappa shape index (κ3) is 9.32. The highest BCUT2D eigenvalue weighted by Gasteiger charge is 2.28. The summed E-state index contributed by atoms with van der Waals surface area (Å²) in [5.41, 5.74) is 4.81. The summed E-state index contributed by atoms with van der Waals surface area (Å²) in [6.45, 7) is 3.52. The molecule has 0 bridgehead atoms. The van der Waals surface area contributed by atoms with Gasteiger partial charge in [0.25, 0.3) is 11.5 Å². The zero-order valence-corrected chi connectivity index (χ0v) is 19.9. The van der Waals surface area contributed by atoms with Crippen molar-refractivity contribution in [3.8, 4) is 0 Å². The average molecular weight is 543 g/mol. The van der Waals surface area contributed by atoms with Crippen molar-refractivity contribution in [2.75, 3.05) is 5.32 Å². The third-order valence-electron chi connectivity index (χ3n) is 4.23. The molecular weight excluding hydrogens is 522 g/mol. The Kier molecular flexibility index (Phi) is 9.06. The number of anilines is 1. The van der Waals surface area contributed by atoms with Crippen LogP contribution in [0.2, 0.25) is 0 Å². The number of amides is 2. The van der Waals surface area contributed by atoms with E-state index >= 15 is 0 Å². The molecule has 3 aromatic rings. The number of aromatic nitrogens is 2. The van der Waals surface area contributed by atoms with Gasteiger partial charge in [-0.15, -0.1) is 22.7 Å². The number of carbonyl (C=O) groups excluding carboxylic acids is 2. The van der Waals surface area contributed by atoms with Crippen molar-refractivity contribution >= 4 is 49.7 Å². The second-order valence-corrected chi connectivity index (χ2v) is 9.82. The Balaban J connectivity index is 0.000000247. The number of nitrogens with two attached hydrogens (primary N) is 1. The molecule has 0 aliphatic heterocycles. The smallest absolute Gasteiger partial charge is 0.366 e. The van der Waals surface area contributed by atoms with Crippen molar-refractivity contribution in [2.24, 2.45) is 5.73 Å². The highest BCUT2D eigenvalue weighted by atomic mass is 32.1. The van der Waals surface area contributed by atoms with Crippen LogP contribution in [0.5, 0.6) is 0 Å². The molecule has 0 saturated carbocycles. The fourth-order valence-electron chi connectivity index (χ4n) is 2.71. The highest BCUT2D eigenvalue weighted by molar-refractivity contribution is 7.18. The molecular formula is C20H20F6N4O3S2. The van der Waals surface area contributed by atoms with Crippen LogP contribution in [-0.4, -0.2) is 34.1 Å². The van der Waals surface area contributed by atoms with Gasteiger partial charge in [-0.1, -0.05) is 0 Å².